The summed E-state index contributed by atoms with van der Waals surface area (Å²) in [4.78, 5) is 10.7. The Morgan fingerprint density at radius 1 is 1.06 bits per heavy atom. The molecule has 1 rings (SSSR count). The van der Waals surface area contributed by atoms with Crippen molar-refractivity contribution in [2.45, 2.75) is 41.9 Å². The van der Waals surface area contributed by atoms with Crippen LogP contribution in [0.3, 0.4) is 0 Å². The fraction of sp³-hybridized carbons (Fsp3) is 0.909. The molecule has 1 heterocycles. The Morgan fingerprint density at radius 2 is 1.52 bits per heavy atom. The summed E-state index contributed by atoms with van der Waals surface area (Å²) in [6.07, 6.45) is -11.8. The molecule has 0 saturated carbocycles. The molecule has 0 amide bonds. The molecule has 3 atom stereocenters. The lowest BCUT2D eigenvalue weighted by atomic mass is 10.1. The zero-order valence-corrected chi connectivity index (χ0v) is 16.9. The monoisotopic (exact) mass is 558 g/mol. The maximum Gasteiger partial charge on any atom is 0.425 e. The summed E-state index contributed by atoms with van der Waals surface area (Å²) in [7, 11) is -6.71. The van der Waals surface area contributed by atoms with Crippen molar-refractivity contribution in [2.75, 3.05) is 19.9 Å². The van der Waals surface area contributed by atoms with Gasteiger partial charge in [-0.25, -0.2) is 13.5 Å². The summed E-state index contributed by atoms with van der Waals surface area (Å²) in [5, 5.41) is -5.44. The number of ether oxygens (including phenoxy) is 4. The van der Waals surface area contributed by atoms with Crippen molar-refractivity contribution in [3.8, 4) is 0 Å². The van der Waals surface area contributed by atoms with Crippen LogP contribution in [0.4, 0.5) is 47.8 Å². The van der Waals surface area contributed by atoms with Crippen LogP contribution in [-0.4, -0.2) is 77.7 Å². The standard InChI is InChI=1S/C11H9F11O7S.O2S/c1-6(5(13)23)27-7(14,3-26-4-9(17,18)30(22,24)25)10(19,28-6)11(20,21)29-8(15,16)2-12;1-3-2/h2-4H2,1H3;. The first-order valence-corrected chi connectivity index (χ1v) is 9.36. The van der Waals surface area contributed by atoms with Gasteiger partial charge in [0.2, 0.25) is 0 Å². The van der Waals surface area contributed by atoms with Gasteiger partial charge in [-0.2, -0.15) is 52.0 Å². The number of alkyl halides is 9. The summed E-state index contributed by atoms with van der Waals surface area (Å²) >= 11 is -0.750. The molecular formula is C11H9F11O9S2. The molecule has 0 N–H and O–H groups in total. The molecule has 0 aromatic carbocycles. The molecule has 0 radical (unpaired) electrons. The highest BCUT2D eigenvalue weighted by molar-refractivity contribution is 7.87. The van der Waals surface area contributed by atoms with Crippen molar-refractivity contribution < 1.29 is 88.4 Å². The quantitative estimate of drug-likeness (QED) is 0.293. The minimum absolute atomic E-state index is 0.0605. The molecule has 22 heteroatoms. The molecule has 1 aliphatic heterocycles. The molecule has 1 saturated heterocycles. The van der Waals surface area contributed by atoms with Crippen molar-refractivity contribution in [2.24, 2.45) is 0 Å². The smallest absolute Gasteiger partial charge is 0.368 e. The highest BCUT2D eigenvalue weighted by Crippen LogP contribution is 2.56. The van der Waals surface area contributed by atoms with E-state index < -0.39 is 82.7 Å². The molecule has 196 valence electrons. The van der Waals surface area contributed by atoms with Gasteiger partial charge in [-0.15, -0.1) is 0 Å². The maximum atomic E-state index is 14.7. The van der Waals surface area contributed by atoms with Crippen LogP contribution in [-0.2, 0) is 45.5 Å². The molecule has 1 fully saturated rings. The first kappa shape index (κ1) is 31.5. The Bertz CT molecular complexity index is 866. The van der Waals surface area contributed by atoms with E-state index >= 15 is 0 Å². The number of hydrogen-bond donors (Lipinski definition) is 0. The van der Waals surface area contributed by atoms with Crippen LogP contribution in [0.2, 0.25) is 0 Å². The van der Waals surface area contributed by atoms with Crippen molar-refractivity contribution in [3.05, 3.63) is 0 Å². The molecule has 0 aromatic rings. The van der Waals surface area contributed by atoms with E-state index in [0.29, 0.717) is 0 Å². The number of hydrogen-bond acceptors (Lipinski definition) is 9. The minimum Gasteiger partial charge on any atom is -0.368 e. The van der Waals surface area contributed by atoms with E-state index in [0.717, 1.165) is 0 Å². The molecule has 1 aliphatic rings. The lowest BCUT2D eigenvalue weighted by Gasteiger charge is -2.35. The van der Waals surface area contributed by atoms with Crippen LogP contribution >= 0.6 is 0 Å². The van der Waals surface area contributed by atoms with Crippen LogP contribution < -0.4 is 0 Å². The Balaban J connectivity index is 0.00000322. The first-order chi connectivity index (χ1) is 14.5. The van der Waals surface area contributed by atoms with E-state index in [-0.39, 0.29) is 6.92 Å². The van der Waals surface area contributed by atoms with Gasteiger partial charge in [0, 0.05) is 6.92 Å². The van der Waals surface area contributed by atoms with Gasteiger partial charge in [0.05, 0.1) is 0 Å². The van der Waals surface area contributed by atoms with E-state index in [2.05, 4.69) is 18.9 Å². The van der Waals surface area contributed by atoms with E-state index in [4.69, 9.17) is 8.42 Å². The molecule has 0 bridgehead atoms. The topological polar surface area (TPSA) is 122 Å². The fourth-order valence-electron chi connectivity index (χ4n) is 1.87. The van der Waals surface area contributed by atoms with Crippen LogP contribution in [0.5, 0.6) is 0 Å². The van der Waals surface area contributed by atoms with Gasteiger partial charge in [-0.1, -0.05) is 3.89 Å². The summed E-state index contributed by atoms with van der Waals surface area (Å²) in [6.45, 7) is -8.41. The first-order valence-electron chi connectivity index (χ1n) is 7.31. The third-order valence-electron chi connectivity index (χ3n) is 3.25. The molecule has 0 aliphatic carbocycles. The van der Waals surface area contributed by atoms with Gasteiger partial charge in [-0.3, -0.25) is 14.3 Å². The van der Waals surface area contributed by atoms with E-state index in [1.807, 2.05) is 0 Å². The second-order valence-electron chi connectivity index (χ2n) is 5.77. The Labute approximate surface area is 178 Å². The third-order valence-corrected chi connectivity index (χ3v) is 4.08. The predicted molar refractivity (Wildman–Crippen MR) is 76.0 cm³/mol. The molecule has 0 aromatic heterocycles. The van der Waals surface area contributed by atoms with E-state index in [9.17, 15) is 61.0 Å². The Hall–Kier alpha value is -1.49. The second-order valence-corrected chi connectivity index (χ2v) is 7.38. The zero-order chi connectivity index (χ0) is 26.7. The fourth-order valence-corrected chi connectivity index (χ4v) is 2.10. The predicted octanol–water partition coefficient (Wildman–Crippen LogP) is 1.99. The summed E-state index contributed by atoms with van der Waals surface area (Å²) < 4.78 is 196. The maximum absolute atomic E-state index is 14.7. The average Bonchev–Trinajstić information content (AvgIpc) is 2.82. The molecule has 9 nitrogen and oxygen atoms in total. The number of carbonyl (C=O) groups excluding carboxylic acids is 1. The number of rotatable bonds is 10. The second kappa shape index (κ2) is 10.0. The van der Waals surface area contributed by atoms with E-state index in [1.165, 1.54) is 0 Å². The highest BCUT2D eigenvalue weighted by Gasteiger charge is 2.82. The highest BCUT2D eigenvalue weighted by atomic mass is 32.3. The summed E-state index contributed by atoms with van der Waals surface area (Å²) in [5.74, 6) is -14.9. The van der Waals surface area contributed by atoms with Gasteiger partial charge in [-0.05, 0) is 0 Å². The zero-order valence-electron chi connectivity index (χ0n) is 15.3. The van der Waals surface area contributed by atoms with Gasteiger partial charge in [0.1, 0.15) is 13.2 Å². The van der Waals surface area contributed by atoms with Gasteiger partial charge < -0.3 is 4.74 Å². The van der Waals surface area contributed by atoms with E-state index in [1.54, 1.807) is 0 Å². The lowest BCUT2D eigenvalue weighted by Crippen LogP contribution is -2.62. The van der Waals surface area contributed by atoms with Crippen LogP contribution in [0.15, 0.2) is 0 Å². The molecule has 3 unspecified atom stereocenters. The lowest BCUT2D eigenvalue weighted by molar-refractivity contribution is -0.467. The molecule has 0 spiro atoms. The number of carbonyl (C=O) groups is 1. The van der Waals surface area contributed by atoms with Gasteiger partial charge in [0.15, 0.2) is 6.67 Å². The summed E-state index contributed by atoms with van der Waals surface area (Å²) in [5.41, 5.74) is 0. The van der Waals surface area contributed by atoms with Crippen LogP contribution in [0.1, 0.15) is 6.92 Å². The average molecular weight is 558 g/mol. The molecule has 33 heavy (non-hydrogen) atoms. The normalized spacial score (nSPS) is 28.7. The van der Waals surface area contributed by atoms with Gasteiger partial charge >= 0.3 is 57.0 Å². The Kier molecular flexibility index (Phi) is 9.56. The summed E-state index contributed by atoms with van der Waals surface area (Å²) in [6, 6.07) is -3.05. The van der Waals surface area contributed by atoms with Crippen LogP contribution in [0.25, 0.3) is 0 Å². The van der Waals surface area contributed by atoms with Crippen molar-refractivity contribution in [3.63, 3.8) is 0 Å². The Morgan fingerprint density at radius 3 is 1.88 bits per heavy atom. The van der Waals surface area contributed by atoms with Gasteiger partial charge in [0.25, 0.3) is 5.79 Å². The third kappa shape index (κ3) is 6.77. The van der Waals surface area contributed by atoms with Crippen LogP contribution in [0, 0.1) is 0 Å². The number of halogens is 11. The van der Waals surface area contributed by atoms with Crippen molar-refractivity contribution in [1.29, 1.82) is 0 Å². The molecular weight excluding hydrogens is 549 g/mol. The largest absolute Gasteiger partial charge is 0.425 e. The van der Waals surface area contributed by atoms with Crippen molar-refractivity contribution in [1.82, 2.24) is 0 Å². The SMILES string of the molecule is CC1(C(=O)F)OC(F)(COCC(F)(F)S(=O)(=O)F)C(F)(C(F)(F)OC(F)(F)CF)O1.O=S=O. The van der Waals surface area contributed by atoms with Crippen molar-refractivity contribution >= 4 is 27.8 Å². The minimum atomic E-state index is -6.71.